The number of rotatable bonds is 4. The van der Waals surface area contributed by atoms with Gasteiger partial charge in [0.15, 0.2) is 12.2 Å². The van der Waals surface area contributed by atoms with E-state index in [4.69, 9.17) is 14.9 Å². The Morgan fingerprint density at radius 2 is 1.55 bits per heavy atom. The van der Waals surface area contributed by atoms with E-state index in [1.165, 1.54) is 0 Å². The van der Waals surface area contributed by atoms with E-state index in [2.05, 4.69) is 20.8 Å². The molecule has 0 radical (unpaired) electrons. The lowest BCUT2D eigenvalue weighted by Crippen LogP contribution is -2.42. The predicted molar refractivity (Wildman–Crippen MR) is 70.9 cm³/mol. The average molecular weight is 288 g/mol. The van der Waals surface area contributed by atoms with Crippen molar-refractivity contribution >= 4 is 11.9 Å². The molecule has 0 aromatic heterocycles. The zero-order valence-corrected chi connectivity index (χ0v) is 12.2. The molecule has 3 N–H and O–H groups in total. The Bertz CT molecular complexity index is 351. The molecule has 20 heavy (non-hydrogen) atoms. The number of carbonyl (C=O) groups is 2. The van der Waals surface area contributed by atoms with Crippen molar-refractivity contribution in [1.29, 1.82) is 0 Å². The second-order valence-corrected chi connectivity index (χ2v) is 6.50. The maximum atomic E-state index is 11.5. The Morgan fingerprint density at radius 3 is 1.95 bits per heavy atom. The van der Waals surface area contributed by atoms with Crippen LogP contribution < -0.4 is 0 Å². The van der Waals surface area contributed by atoms with Gasteiger partial charge in [0.25, 0.3) is 0 Å². The molecule has 1 aliphatic rings. The van der Waals surface area contributed by atoms with Crippen LogP contribution in [0.4, 0.5) is 0 Å². The number of hydrogen-bond acceptors (Lipinski definition) is 5. The lowest BCUT2D eigenvalue weighted by Gasteiger charge is -2.36. The van der Waals surface area contributed by atoms with E-state index in [0.717, 1.165) is 12.8 Å². The van der Waals surface area contributed by atoms with Gasteiger partial charge in [-0.1, -0.05) is 20.8 Å². The molecule has 0 saturated heterocycles. The van der Waals surface area contributed by atoms with E-state index < -0.39 is 24.1 Å². The van der Waals surface area contributed by atoms with Crippen LogP contribution in [0, 0.1) is 11.3 Å². The minimum Gasteiger partial charge on any atom is -0.479 e. The molecule has 0 bridgehead atoms. The Kier molecular flexibility index (Phi) is 5.53. The summed E-state index contributed by atoms with van der Waals surface area (Å²) in [4.78, 5) is 22.0. The first kappa shape index (κ1) is 16.9. The van der Waals surface area contributed by atoms with Crippen molar-refractivity contribution < 1.29 is 29.6 Å². The molecule has 1 rings (SSSR count). The summed E-state index contributed by atoms with van der Waals surface area (Å²) >= 11 is 0. The van der Waals surface area contributed by atoms with Crippen LogP contribution in [0.25, 0.3) is 0 Å². The molecule has 2 atom stereocenters. The highest BCUT2D eigenvalue weighted by Gasteiger charge is 2.35. The van der Waals surface area contributed by atoms with E-state index >= 15 is 0 Å². The number of aliphatic hydroxyl groups is 2. The van der Waals surface area contributed by atoms with E-state index in [1.807, 2.05) is 0 Å². The number of hydrogen-bond donors (Lipinski definition) is 3. The van der Waals surface area contributed by atoms with Crippen molar-refractivity contribution in [3.8, 4) is 0 Å². The Labute approximate surface area is 118 Å². The summed E-state index contributed by atoms with van der Waals surface area (Å²) in [5, 5.41) is 27.0. The smallest absolute Gasteiger partial charge is 0.338 e. The lowest BCUT2D eigenvalue weighted by molar-refractivity contribution is -0.175. The van der Waals surface area contributed by atoms with Gasteiger partial charge in [-0.05, 0) is 37.0 Å². The van der Waals surface area contributed by atoms with Gasteiger partial charge in [-0.2, -0.15) is 0 Å². The van der Waals surface area contributed by atoms with Crippen molar-refractivity contribution in [2.24, 2.45) is 11.3 Å². The third-order valence-electron chi connectivity index (χ3n) is 3.98. The summed E-state index contributed by atoms with van der Waals surface area (Å²) in [6.45, 7) is 6.53. The minimum atomic E-state index is -2.14. The SMILES string of the molecule is CC(C)(C)C1CCC(OC(=O)C(O)C(O)C(=O)O)CC1. The van der Waals surface area contributed by atoms with Gasteiger partial charge in [-0.15, -0.1) is 0 Å². The van der Waals surface area contributed by atoms with Gasteiger partial charge in [0.05, 0.1) is 0 Å². The zero-order chi connectivity index (χ0) is 15.5. The molecule has 6 heteroatoms. The monoisotopic (exact) mass is 288 g/mol. The summed E-state index contributed by atoms with van der Waals surface area (Å²) in [6.07, 6.45) is -1.23. The number of aliphatic carboxylic acids is 1. The Hall–Kier alpha value is -1.14. The van der Waals surface area contributed by atoms with Crippen LogP contribution in [-0.2, 0) is 14.3 Å². The van der Waals surface area contributed by atoms with Crippen molar-refractivity contribution in [1.82, 2.24) is 0 Å². The molecule has 1 saturated carbocycles. The molecule has 0 aromatic rings. The van der Waals surface area contributed by atoms with Gasteiger partial charge in [0, 0.05) is 0 Å². The molecule has 0 amide bonds. The van der Waals surface area contributed by atoms with E-state index in [0.29, 0.717) is 18.8 Å². The molecule has 0 aromatic carbocycles. The van der Waals surface area contributed by atoms with Crippen molar-refractivity contribution in [2.45, 2.75) is 64.8 Å². The van der Waals surface area contributed by atoms with E-state index in [9.17, 15) is 14.7 Å². The van der Waals surface area contributed by atoms with Crippen LogP contribution in [0.1, 0.15) is 46.5 Å². The van der Waals surface area contributed by atoms with Gasteiger partial charge in [0.1, 0.15) is 6.10 Å². The van der Waals surface area contributed by atoms with E-state index in [-0.39, 0.29) is 11.5 Å². The normalized spacial score (nSPS) is 26.6. The summed E-state index contributed by atoms with van der Waals surface area (Å²) in [7, 11) is 0. The highest BCUT2D eigenvalue weighted by Crippen LogP contribution is 2.38. The average Bonchev–Trinajstić information content (AvgIpc) is 2.36. The van der Waals surface area contributed by atoms with Gasteiger partial charge in [-0.25, -0.2) is 9.59 Å². The summed E-state index contributed by atoms with van der Waals surface area (Å²) in [6, 6.07) is 0. The molecule has 2 unspecified atom stereocenters. The molecular formula is C14H24O6. The summed E-state index contributed by atoms with van der Waals surface area (Å²) in [5.74, 6) is -2.16. The predicted octanol–water partition coefficient (Wildman–Crippen LogP) is 0.941. The molecular weight excluding hydrogens is 264 g/mol. The first-order valence-electron chi connectivity index (χ1n) is 6.92. The Balaban J connectivity index is 2.44. The fraction of sp³-hybridized carbons (Fsp3) is 0.857. The molecule has 1 aliphatic carbocycles. The largest absolute Gasteiger partial charge is 0.479 e. The summed E-state index contributed by atoms with van der Waals surface area (Å²) in [5.41, 5.74) is 0.216. The van der Waals surface area contributed by atoms with Crippen molar-refractivity contribution in [2.75, 3.05) is 0 Å². The lowest BCUT2D eigenvalue weighted by atomic mass is 9.72. The number of esters is 1. The topological polar surface area (TPSA) is 104 Å². The fourth-order valence-electron chi connectivity index (χ4n) is 2.54. The fourth-order valence-corrected chi connectivity index (χ4v) is 2.54. The molecule has 1 fully saturated rings. The van der Waals surface area contributed by atoms with Gasteiger partial charge in [0.2, 0.25) is 0 Å². The standard InChI is InChI=1S/C14H24O6/c1-14(2,3)8-4-6-9(7-5-8)20-13(19)11(16)10(15)12(17)18/h8-11,15-16H,4-7H2,1-3H3,(H,17,18). The van der Waals surface area contributed by atoms with Crippen molar-refractivity contribution in [3.05, 3.63) is 0 Å². The second kappa shape index (κ2) is 6.54. The Morgan fingerprint density at radius 1 is 1.05 bits per heavy atom. The van der Waals surface area contributed by atoms with Crippen LogP contribution in [0.2, 0.25) is 0 Å². The highest BCUT2D eigenvalue weighted by atomic mass is 16.6. The number of carboxylic acids is 1. The zero-order valence-electron chi connectivity index (χ0n) is 12.2. The maximum Gasteiger partial charge on any atom is 0.338 e. The van der Waals surface area contributed by atoms with Crippen molar-refractivity contribution in [3.63, 3.8) is 0 Å². The van der Waals surface area contributed by atoms with Crippen LogP contribution in [-0.4, -0.2) is 45.6 Å². The molecule has 0 spiro atoms. The molecule has 0 heterocycles. The van der Waals surface area contributed by atoms with E-state index in [1.54, 1.807) is 0 Å². The number of aliphatic hydroxyl groups excluding tert-OH is 2. The maximum absolute atomic E-state index is 11.5. The van der Waals surface area contributed by atoms with Gasteiger partial charge >= 0.3 is 11.9 Å². The molecule has 6 nitrogen and oxygen atoms in total. The van der Waals surface area contributed by atoms with Gasteiger partial charge in [-0.3, -0.25) is 0 Å². The summed E-state index contributed by atoms with van der Waals surface area (Å²) < 4.78 is 5.07. The molecule has 116 valence electrons. The molecule has 0 aliphatic heterocycles. The third kappa shape index (κ3) is 4.45. The first-order chi connectivity index (χ1) is 9.12. The van der Waals surface area contributed by atoms with Crippen LogP contribution in [0.15, 0.2) is 0 Å². The number of carboxylic acid groups (broad SMARTS) is 1. The van der Waals surface area contributed by atoms with Crippen LogP contribution >= 0.6 is 0 Å². The van der Waals surface area contributed by atoms with Crippen LogP contribution in [0.3, 0.4) is 0 Å². The minimum absolute atomic E-state index is 0.216. The first-order valence-corrected chi connectivity index (χ1v) is 6.92. The quantitative estimate of drug-likeness (QED) is 0.665. The van der Waals surface area contributed by atoms with Crippen LogP contribution in [0.5, 0.6) is 0 Å². The second-order valence-electron chi connectivity index (χ2n) is 6.50. The third-order valence-corrected chi connectivity index (χ3v) is 3.98. The highest BCUT2D eigenvalue weighted by molar-refractivity contribution is 5.84. The van der Waals surface area contributed by atoms with Gasteiger partial charge < -0.3 is 20.1 Å². The number of ether oxygens (including phenoxy) is 1. The number of carbonyl (C=O) groups excluding carboxylic acids is 1.